The lowest BCUT2D eigenvalue weighted by Gasteiger charge is -2.34. The highest BCUT2D eigenvalue weighted by molar-refractivity contribution is 5.89. The second-order valence-corrected chi connectivity index (χ2v) is 6.15. The van der Waals surface area contributed by atoms with Crippen LogP contribution in [0.25, 0.3) is 0 Å². The maximum absolute atomic E-state index is 12.2. The van der Waals surface area contributed by atoms with Crippen LogP contribution in [0.5, 0.6) is 0 Å². The number of anilines is 1. The average molecular weight is 340 g/mol. The molecule has 6 heteroatoms. The molecule has 2 N–H and O–H groups in total. The number of nitrogens with one attached hydrogen (secondary N) is 2. The van der Waals surface area contributed by atoms with Gasteiger partial charge in [0.15, 0.2) is 0 Å². The van der Waals surface area contributed by atoms with Crippen molar-refractivity contribution in [2.45, 2.75) is 13.0 Å². The van der Waals surface area contributed by atoms with Crippen LogP contribution in [0.3, 0.4) is 0 Å². The summed E-state index contributed by atoms with van der Waals surface area (Å²) in [6.07, 6.45) is 3.62. The fraction of sp³-hybridized carbons (Fsp3) is 0.368. The van der Waals surface area contributed by atoms with E-state index in [2.05, 4.69) is 20.5 Å². The molecule has 2 amide bonds. The summed E-state index contributed by atoms with van der Waals surface area (Å²) >= 11 is 0. The van der Waals surface area contributed by atoms with E-state index in [0.29, 0.717) is 19.8 Å². The Balaban J connectivity index is 1.61. The molecule has 132 valence electrons. The minimum absolute atomic E-state index is 0.0846. The van der Waals surface area contributed by atoms with Crippen molar-refractivity contribution in [3.63, 3.8) is 0 Å². The van der Waals surface area contributed by atoms with Crippen LogP contribution in [0.15, 0.2) is 48.8 Å². The highest BCUT2D eigenvalue weighted by Crippen LogP contribution is 2.20. The number of pyridine rings is 1. The molecule has 0 radical (unpaired) electrons. The Bertz CT molecular complexity index is 670. The van der Waals surface area contributed by atoms with E-state index in [-0.39, 0.29) is 12.1 Å². The van der Waals surface area contributed by atoms with Crippen LogP contribution < -0.4 is 10.6 Å². The molecule has 0 spiro atoms. The average Bonchev–Trinajstić information content (AvgIpc) is 2.66. The lowest BCUT2D eigenvalue weighted by molar-refractivity contribution is 0.0167. The molecule has 0 bridgehead atoms. The largest absolute Gasteiger partial charge is 0.379 e. The van der Waals surface area contributed by atoms with Crippen LogP contribution in [0.2, 0.25) is 0 Å². The number of urea groups is 1. The van der Waals surface area contributed by atoms with Gasteiger partial charge in [0.2, 0.25) is 0 Å². The molecule has 1 aliphatic heterocycles. The van der Waals surface area contributed by atoms with E-state index in [1.54, 1.807) is 6.20 Å². The highest BCUT2D eigenvalue weighted by atomic mass is 16.5. The number of hydrogen-bond donors (Lipinski definition) is 2. The second kappa shape index (κ2) is 8.60. The zero-order valence-corrected chi connectivity index (χ0v) is 14.4. The predicted octanol–water partition coefficient (Wildman–Crippen LogP) is 2.59. The number of carbonyl (C=O) groups excluding carboxylic acids is 1. The smallest absolute Gasteiger partial charge is 0.319 e. The first-order chi connectivity index (χ1) is 12.2. The van der Waals surface area contributed by atoms with Crippen molar-refractivity contribution < 1.29 is 9.53 Å². The van der Waals surface area contributed by atoms with Gasteiger partial charge >= 0.3 is 6.03 Å². The Morgan fingerprint density at radius 3 is 2.68 bits per heavy atom. The highest BCUT2D eigenvalue weighted by Gasteiger charge is 2.23. The lowest BCUT2D eigenvalue weighted by atomic mass is 10.1. The van der Waals surface area contributed by atoms with Crippen molar-refractivity contribution >= 4 is 11.7 Å². The number of aryl methyl sites for hydroxylation is 1. The molecule has 0 unspecified atom stereocenters. The standard InChI is InChI=1S/C19H24N4O2/c1-15-4-6-17(7-5-15)22-19(24)21-14-18(16-3-2-8-20-13-16)23-9-11-25-12-10-23/h2-8,13,18H,9-12,14H2,1H3,(H2,21,22,24)/t18-/m1/s1. The van der Waals surface area contributed by atoms with Gasteiger partial charge in [-0.3, -0.25) is 9.88 Å². The maximum Gasteiger partial charge on any atom is 0.319 e. The molecule has 2 aromatic rings. The van der Waals surface area contributed by atoms with E-state index < -0.39 is 0 Å². The minimum atomic E-state index is -0.203. The Labute approximate surface area is 148 Å². The van der Waals surface area contributed by atoms with E-state index >= 15 is 0 Å². The van der Waals surface area contributed by atoms with Crippen molar-refractivity contribution in [2.24, 2.45) is 0 Å². The number of benzene rings is 1. The molecule has 1 aromatic heterocycles. The minimum Gasteiger partial charge on any atom is -0.379 e. The molecule has 6 nitrogen and oxygen atoms in total. The summed E-state index contributed by atoms with van der Waals surface area (Å²) in [4.78, 5) is 18.8. The van der Waals surface area contributed by atoms with E-state index in [4.69, 9.17) is 4.74 Å². The van der Waals surface area contributed by atoms with Crippen LogP contribution in [-0.4, -0.2) is 48.8 Å². The summed E-state index contributed by atoms with van der Waals surface area (Å²) in [5.74, 6) is 0. The van der Waals surface area contributed by atoms with Crippen LogP contribution in [0.1, 0.15) is 17.2 Å². The summed E-state index contributed by atoms with van der Waals surface area (Å²) in [5.41, 5.74) is 3.04. The van der Waals surface area contributed by atoms with Crippen molar-refractivity contribution in [1.82, 2.24) is 15.2 Å². The van der Waals surface area contributed by atoms with Crippen molar-refractivity contribution in [2.75, 3.05) is 38.2 Å². The number of morpholine rings is 1. The third-order valence-electron chi connectivity index (χ3n) is 4.32. The summed E-state index contributed by atoms with van der Waals surface area (Å²) in [7, 11) is 0. The van der Waals surface area contributed by atoms with Gasteiger partial charge in [-0.25, -0.2) is 4.79 Å². The number of ether oxygens (including phenoxy) is 1. The number of aromatic nitrogens is 1. The third-order valence-corrected chi connectivity index (χ3v) is 4.32. The van der Waals surface area contributed by atoms with E-state index in [1.807, 2.05) is 49.5 Å². The zero-order valence-electron chi connectivity index (χ0n) is 14.4. The Morgan fingerprint density at radius 2 is 2.00 bits per heavy atom. The fourth-order valence-corrected chi connectivity index (χ4v) is 2.92. The fourth-order valence-electron chi connectivity index (χ4n) is 2.92. The summed E-state index contributed by atoms with van der Waals surface area (Å²) in [6, 6.07) is 11.6. The second-order valence-electron chi connectivity index (χ2n) is 6.15. The van der Waals surface area contributed by atoms with Gasteiger partial charge in [-0.15, -0.1) is 0 Å². The number of nitrogens with zero attached hydrogens (tertiary/aromatic N) is 2. The van der Waals surface area contributed by atoms with Crippen molar-refractivity contribution in [1.29, 1.82) is 0 Å². The van der Waals surface area contributed by atoms with Gasteiger partial charge < -0.3 is 15.4 Å². The normalized spacial score (nSPS) is 16.2. The summed E-state index contributed by atoms with van der Waals surface area (Å²) in [6.45, 7) is 5.66. The van der Waals surface area contributed by atoms with Crippen molar-refractivity contribution in [3.8, 4) is 0 Å². The molecule has 1 fully saturated rings. The molecule has 2 heterocycles. The topological polar surface area (TPSA) is 66.5 Å². The van der Waals surface area contributed by atoms with Gasteiger partial charge in [-0.1, -0.05) is 23.8 Å². The van der Waals surface area contributed by atoms with E-state index in [1.165, 1.54) is 0 Å². The lowest BCUT2D eigenvalue weighted by Crippen LogP contribution is -2.44. The monoisotopic (exact) mass is 340 g/mol. The molecule has 1 atom stereocenters. The number of amides is 2. The molecular formula is C19H24N4O2. The van der Waals surface area contributed by atoms with Gasteiger partial charge in [0.25, 0.3) is 0 Å². The van der Waals surface area contributed by atoms with Crippen molar-refractivity contribution in [3.05, 3.63) is 59.9 Å². The van der Waals surface area contributed by atoms with Gasteiger partial charge in [0, 0.05) is 37.7 Å². The first-order valence-electron chi connectivity index (χ1n) is 8.55. The van der Waals surface area contributed by atoms with E-state index in [0.717, 1.165) is 29.9 Å². The summed E-state index contributed by atoms with van der Waals surface area (Å²) < 4.78 is 5.44. The third kappa shape index (κ3) is 5.01. The molecule has 3 rings (SSSR count). The first-order valence-corrected chi connectivity index (χ1v) is 8.55. The quantitative estimate of drug-likeness (QED) is 0.878. The van der Waals surface area contributed by atoms with Gasteiger partial charge in [0.05, 0.1) is 19.3 Å². The Kier molecular flexibility index (Phi) is 5.98. The van der Waals surface area contributed by atoms with Crippen LogP contribution >= 0.6 is 0 Å². The molecule has 1 aliphatic rings. The van der Waals surface area contributed by atoms with E-state index in [9.17, 15) is 4.79 Å². The van der Waals surface area contributed by atoms with Crippen LogP contribution in [0.4, 0.5) is 10.5 Å². The van der Waals surface area contributed by atoms with Gasteiger partial charge in [0.1, 0.15) is 0 Å². The van der Waals surface area contributed by atoms with Crippen LogP contribution in [0, 0.1) is 6.92 Å². The summed E-state index contributed by atoms with van der Waals surface area (Å²) in [5, 5.41) is 5.85. The molecule has 25 heavy (non-hydrogen) atoms. The number of carbonyl (C=O) groups is 1. The number of rotatable bonds is 5. The molecule has 1 aromatic carbocycles. The number of hydrogen-bond acceptors (Lipinski definition) is 4. The Hall–Kier alpha value is -2.44. The molecule has 0 saturated carbocycles. The SMILES string of the molecule is Cc1ccc(NC(=O)NC[C@H](c2cccnc2)N2CCOCC2)cc1. The molecular weight excluding hydrogens is 316 g/mol. The zero-order chi connectivity index (χ0) is 17.5. The molecule has 0 aliphatic carbocycles. The van der Waals surface area contributed by atoms with Gasteiger partial charge in [-0.2, -0.15) is 0 Å². The Morgan fingerprint density at radius 1 is 1.24 bits per heavy atom. The molecule has 1 saturated heterocycles. The first kappa shape index (κ1) is 17.4. The maximum atomic E-state index is 12.2. The predicted molar refractivity (Wildman–Crippen MR) is 97.6 cm³/mol. The van der Waals surface area contributed by atoms with Gasteiger partial charge in [-0.05, 0) is 30.7 Å². The van der Waals surface area contributed by atoms with Crippen LogP contribution in [-0.2, 0) is 4.74 Å².